The number of anilines is 1. The molecule has 0 spiro atoms. The predicted molar refractivity (Wildman–Crippen MR) is 91.6 cm³/mol. The van der Waals surface area contributed by atoms with Crippen molar-refractivity contribution in [3.63, 3.8) is 0 Å². The van der Waals surface area contributed by atoms with Gasteiger partial charge in [0.15, 0.2) is 5.82 Å². The molecule has 1 aliphatic rings. The van der Waals surface area contributed by atoms with Gasteiger partial charge in [0, 0.05) is 31.0 Å². The number of hydrogen-bond acceptors (Lipinski definition) is 5. The van der Waals surface area contributed by atoms with Gasteiger partial charge < -0.3 is 9.64 Å². The third kappa shape index (κ3) is 2.50. The molecule has 0 bridgehead atoms. The number of nitrogens with zero attached hydrogens (tertiary/aromatic N) is 5. The first kappa shape index (κ1) is 14.7. The number of rotatable bonds is 3. The molecule has 1 aliphatic heterocycles. The summed E-state index contributed by atoms with van der Waals surface area (Å²) in [5.41, 5.74) is 2.58. The summed E-state index contributed by atoms with van der Waals surface area (Å²) in [6.07, 6.45) is 8.20. The normalized spacial score (nSPS) is 13.7. The molecule has 0 saturated heterocycles. The minimum atomic E-state index is 0.791. The van der Waals surface area contributed by atoms with Gasteiger partial charge in [0.05, 0.1) is 19.5 Å². The monoisotopic (exact) mass is 321 g/mol. The summed E-state index contributed by atoms with van der Waals surface area (Å²) in [5, 5.41) is 0. The number of ether oxygens (including phenoxy) is 1. The lowest BCUT2D eigenvalue weighted by molar-refractivity contribution is 0.407. The van der Waals surface area contributed by atoms with Crippen molar-refractivity contribution in [2.75, 3.05) is 18.6 Å². The fraction of sp³-hybridized carbons (Fsp3) is 0.278. The third-order valence-electron chi connectivity index (χ3n) is 4.45. The highest BCUT2D eigenvalue weighted by Gasteiger charge is 2.20. The van der Waals surface area contributed by atoms with Crippen molar-refractivity contribution in [2.45, 2.75) is 19.9 Å². The van der Waals surface area contributed by atoms with Crippen LogP contribution >= 0.6 is 0 Å². The zero-order valence-corrected chi connectivity index (χ0v) is 13.8. The fourth-order valence-electron chi connectivity index (χ4n) is 3.20. The van der Waals surface area contributed by atoms with E-state index in [9.17, 15) is 0 Å². The average Bonchev–Trinajstić information content (AvgIpc) is 3.07. The van der Waals surface area contributed by atoms with Gasteiger partial charge in [-0.15, -0.1) is 0 Å². The Morgan fingerprint density at radius 3 is 2.83 bits per heavy atom. The second-order valence-electron chi connectivity index (χ2n) is 5.85. The van der Waals surface area contributed by atoms with Gasteiger partial charge in [0.25, 0.3) is 0 Å². The average molecular weight is 321 g/mol. The molecule has 0 atom stereocenters. The number of aromatic nitrogens is 4. The first-order valence-corrected chi connectivity index (χ1v) is 7.98. The van der Waals surface area contributed by atoms with E-state index in [0.29, 0.717) is 0 Å². The lowest BCUT2D eigenvalue weighted by Crippen LogP contribution is -2.31. The zero-order chi connectivity index (χ0) is 16.5. The topological polar surface area (TPSA) is 56.1 Å². The van der Waals surface area contributed by atoms with Crippen LogP contribution in [-0.2, 0) is 13.0 Å². The second kappa shape index (κ2) is 5.96. The van der Waals surface area contributed by atoms with Crippen molar-refractivity contribution in [1.29, 1.82) is 0 Å². The van der Waals surface area contributed by atoms with Crippen LogP contribution < -0.4 is 9.64 Å². The smallest absolute Gasteiger partial charge is 0.159 e. The highest BCUT2D eigenvalue weighted by Crippen LogP contribution is 2.29. The van der Waals surface area contributed by atoms with E-state index in [1.807, 2.05) is 36.0 Å². The van der Waals surface area contributed by atoms with Gasteiger partial charge in [-0.05, 0) is 25.0 Å². The Hall–Kier alpha value is -2.89. The molecular formula is C18H19N5O. The molecule has 3 aromatic rings. The molecule has 3 heterocycles. The molecule has 4 rings (SSSR count). The first-order valence-electron chi connectivity index (χ1n) is 7.98. The molecule has 6 heteroatoms. The van der Waals surface area contributed by atoms with Crippen LogP contribution in [-0.4, -0.2) is 33.2 Å². The van der Waals surface area contributed by atoms with Crippen molar-refractivity contribution in [1.82, 2.24) is 19.5 Å². The molecule has 6 nitrogen and oxygen atoms in total. The van der Waals surface area contributed by atoms with Crippen molar-refractivity contribution in [3.8, 4) is 11.6 Å². The number of imidazole rings is 1. The van der Waals surface area contributed by atoms with Gasteiger partial charge in [-0.1, -0.05) is 12.1 Å². The lowest BCUT2D eigenvalue weighted by Gasteiger charge is -2.30. The third-order valence-corrected chi connectivity index (χ3v) is 4.45. The van der Waals surface area contributed by atoms with E-state index >= 15 is 0 Å². The number of methoxy groups -OCH3 is 1. The van der Waals surface area contributed by atoms with Crippen molar-refractivity contribution in [2.24, 2.45) is 0 Å². The minimum absolute atomic E-state index is 0.791. The van der Waals surface area contributed by atoms with Gasteiger partial charge in [-0.2, -0.15) is 0 Å². The van der Waals surface area contributed by atoms with E-state index in [4.69, 9.17) is 9.72 Å². The molecule has 0 N–H and O–H groups in total. The Balaban J connectivity index is 1.65. The van der Waals surface area contributed by atoms with E-state index < -0.39 is 0 Å². The SMILES string of the molecule is COc1cccc2c1CCN(c1cncc(-n3ccnc3C)n1)C2. The standard InChI is InChI=1S/C18H19N5O/c1-13-20-7-9-23(13)18-11-19-10-17(21-18)22-8-6-15-14(12-22)4-3-5-16(15)24-2/h3-5,7,9-11H,6,8,12H2,1-2H3. The summed E-state index contributed by atoms with van der Waals surface area (Å²) in [6, 6.07) is 6.22. The quantitative estimate of drug-likeness (QED) is 0.742. The maximum Gasteiger partial charge on any atom is 0.159 e. The molecule has 0 unspecified atom stereocenters. The van der Waals surface area contributed by atoms with Crippen LogP contribution in [0.3, 0.4) is 0 Å². The van der Waals surface area contributed by atoms with E-state index in [2.05, 4.69) is 20.9 Å². The van der Waals surface area contributed by atoms with Crippen LogP contribution in [0.15, 0.2) is 43.0 Å². The Labute approximate surface area is 140 Å². The predicted octanol–water partition coefficient (Wildman–Crippen LogP) is 2.54. The summed E-state index contributed by atoms with van der Waals surface area (Å²) < 4.78 is 7.42. The van der Waals surface area contributed by atoms with Gasteiger partial charge in [-0.3, -0.25) is 9.55 Å². The molecule has 2 aromatic heterocycles. The molecule has 122 valence electrons. The van der Waals surface area contributed by atoms with E-state index in [0.717, 1.165) is 42.7 Å². The maximum absolute atomic E-state index is 5.48. The van der Waals surface area contributed by atoms with Crippen LogP contribution in [0, 0.1) is 6.92 Å². The molecule has 0 aliphatic carbocycles. The first-order chi connectivity index (χ1) is 11.8. The number of fused-ring (bicyclic) bond motifs is 1. The molecule has 24 heavy (non-hydrogen) atoms. The Morgan fingerprint density at radius 1 is 1.17 bits per heavy atom. The summed E-state index contributed by atoms with van der Waals surface area (Å²) in [4.78, 5) is 15.6. The van der Waals surface area contributed by atoms with Crippen molar-refractivity contribution >= 4 is 5.82 Å². The van der Waals surface area contributed by atoms with Crippen LogP contribution in [0.5, 0.6) is 5.75 Å². The second-order valence-corrected chi connectivity index (χ2v) is 5.85. The summed E-state index contributed by atoms with van der Waals surface area (Å²) in [7, 11) is 1.73. The Kier molecular flexibility index (Phi) is 3.65. The van der Waals surface area contributed by atoms with Gasteiger partial charge in [0.1, 0.15) is 17.4 Å². The molecule has 1 aromatic carbocycles. The highest BCUT2D eigenvalue weighted by atomic mass is 16.5. The van der Waals surface area contributed by atoms with Gasteiger partial charge in [0.2, 0.25) is 0 Å². The van der Waals surface area contributed by atoms with Crippen molar-refractivity contribution < 1.29 is 4.74 Å². The van der Waals surface area contributed by atoms with Gasteiger partial charge in [-0.25, -0.2) is 9.97 Å². The lowest BCUT2D eigenvalue weighted by atomic mass is 9.99. The molecule has 0 fully saturated rings. The number of aryl methyl sites for hydroxylation is 1. The maximum atomic E-state index is 5.48. The van der Waals surface area contributed by atoms with Gasteiger partial charge >= 0.3 is 0 Å². The fourth-order valence-corrected chi connectivity index (χ4v) is 3.20. The highest BCUT2D eigenvalue weighted by molar-refractivity contribution is 5.48. The summed E-state index contributed by atoms with van der Waals surface area (Å²) in [6.45, 7) is 3.67. The molecule has 0 amide bonds. The van der Waals surface area contributed by atoms with E-state index in [1.165, 1.54) is 11.1 Å². The van der Waals surface area contributed by atoms with E-state index in [1.54, 1.807) is 19.5 Å². The molecular weight excluding hydrogens is 302 g/mol. The summed E-state index contributed by atoms with van der Waals surface area (Å²) in [5.74, 6) is 3.55. The Bertz CT molecular complexity index is 873. The van der Waals surface area contributed by atoms with Crippen molar-refractivity contribution in [3.05, 3.63) is 59.9 Å². The minimum Gasteiger partial charge on any atom is -0.496 e. The zero-order valence-electron chi connectivity index (χ0n) is 13.8. The van der Waals surface area contributed by atoms with Crippen LogP contribution in [0.2, 0.25) is 0 Å². The number of hydrogen-bond donors (Lipinski definition) is 0. The number of benzene rings is 1. The van der Waals surface area contributed by atoms with Crippen LogP contribution in [0.25, 0.3) is 5.82 Å². The largest absolute Gasteiger partial charge is 0.496 e. The molecule has 0 saturated carbocycles. The van der Waals surface area contributed by atoms with Crippen LogP contribution in [0.4, 0.5) is 5.82 Å². The summed E-state index contributed by atoms with van der Waals surface area (Å²) >= 11 is 0. The van der Waals surface area contributed by atoms with Crippen LogP contribution in [0.1, 0.15) is 17.0 Å². The van der Waals surface area contributed by atoms with E-state index in [-0.39, 0.29) is 0 Å². The molecule has 0 radical (unpaired) electrons. The Morgan fingerprint density at radius 2 is 2.04 bits per heavy atom.